The van der Waals surface area contributed by atoms with Crippen LogP contribution in [0, 0.1) is 13.8 Å². The molecule has 0 aromatic carbocycles. The first kappa shape index (κ1) is 11.9. The molecule has 0 saturated carbocycles. The summed E-state index contributed by atoms with van der Waals surface area (Å²) in [6, 6.07) is 5.65. The summed E-state index contributed by atoms with van der Waals surface area (Å²) in [6.45, 7) is 4.40. The highest BCUT2D eigenvalue weighted by atomic mass is 35.5. The van der Waals surface area contributed by atoms with Crippen molar-refractivity contribution in [3.63, 3.8) is 0 Å². The predicted molar refractivity (Wildman–Crippen MR) is 67.3 cm³/mol. The Morgan fingerprint density at radius 2 is 2.06 bits per heavy atom. The molecule has 0 aliphatic rings. The van der Waals surface area contributed by atoms with Gasteiger partial charge in [-0.15, -0.1) is 0 Å². The summed E-state index contributed by atoms with van der Waals surface area (Å²) in [5.41, 5.74) is 0. The zero-order valence-electron chi connectivity index (χ0n) is 10.1. The summed E-state index contributed by atoms with van der Waals surface area (Å²) < 4.78 is 5.52. The Hall–Kier alpha value is -1.55. The van der Waals surface area contributed by atoms with Crippen molar-refractivity contribution < 1.29 is 4.42 Å². The van der Waals surface area contributed by atoms with E-state index in [1.807, 2.05) is 37.9 Å². The average molecular weight is 252 g/mol. The third-order valence-corrected chi connectivity index (χ3v) is 2.57. The van der Waals surface area contributed by atoms with Gasteiger partial charge < -0.3 is 9.32 Å². The molecule has 0 radical (unpaired) electrons. The van der Waals surface area contributed by atoms with Crippen LogP contribution >= 0.6 is 11.6 Å². The van der Waals surface area contributed by atoms with E-state index in [2.05, 4.69) is 9.97 Å². The molecule has 0 amide bonds. The first-order valence-corrected chi connectivity index (χ1v) is 5.70. The first-order valence-electron chi connectivity index (χ1n) is 5.32. The minimum atomic E-state index is 0.454. The second-order valence-corrected chi connectivity index (χ2v) is 4.35. The summed E-state index contributed by atoms with van der Waals surface area (Å²) >= 11 is 5.90. The van der Waals surface area contributed by atoms with Crippen molar-refractivity contribution in [1.82, 2.24) is 9.97 Å². The summed E-state index contributed by atoms with van der Waals surface area (Å²) in [5, 5.41) is 0.454. The van der Waals surface area contributed by atoms with Crippen molar-refractivity contribution >= 4 is 17.4 Å². The molecule has 2 aromatic rings. The molecule has 0 saturated heterocycles. The summed E-state index contributed by atoms with van der Waals surface area (Å²) in [7, 11) is 1.94. The highest BCUT2D eigenvalue weighted by Gasteiger charge is 2.08. The van der Waals surface area contributed by atoms with E-state index in [4.69, 9.17) is 16.0 Å². The van der Waals surface area contributed by atoms with Gasteiger partial charge in [-0.05, 0) is 26.0 Å². The molecule has 5 heteroatoms. The van der Waals surface area contributed by atoms with Crippen molar-refractivity contribution in [1.29, 1.82) is 0 Å². The lowest BCUT2D eigenvalue weighted by molar-refractivity contribution is 0.481. The van der Waals surface area contributed by atoms with Crippen LogP contribution in [0.1, 0.15) is 17.3 Å². The van der Waals surface area contributed by atoms with Crippen molar-refractivity contribution in [3.8, 4) is 0 Å². The van der Waals surface area contributed by atoms with E-state index < -0.39 is 0 Å². The van der Waals surface area contributed by atoms with E-state index in [9.17, 15) is 0 Å². The molecule has 17 heavy (non-hydrogen) atoms. The Labute approximate surface area is 105 Å². The van der Waals surface area contributed by atoms with Crippen LogP contribution < -0.4 is 4.90 Å². The van der Waals surface area contributed by atoms with Crippen molar-refractivity contribution in [3.05, 3.63) is 40.7 Å². The number of hydrogen-bond acceptors (Lipinski definition) is 4. The highest BCUT2D eigenvalue weighted by molar-refractivity contribution is 6.29. The maximum Gasteiger partial charge on any atom is 0.134 e. The van der Waals surface area contributed by atoms with Crippen LogP contribution in [0.5, 0.6) is 0 Å². The van der Waals surface area contributed by atoms with Crippen molar-refractivity contribution in [2.45, 2.75) is 20.4 Å². The highest BCUT2D eigenvalue weighted by Crippen LogP contribution is 2.17. The van der Waals surface area contributed by atoms with Crippen LogP contribution in [0.15, 0.2) is 22.6 Å². The lowest BCUT2D eigenvalue weighted by Gasteiger charge is -2.17. The Balaban J connectivity index is 2.16. The molecule has 2 rings (SSSR count). The minimum Gasteiger partial charge on any atom is -0.464 e. The molecule has 2 heterocycles. The normalized spacial score (nSPS) is 10.6. The lowest BCUT2D eigenvalue weighted by Crippen LogP contribution is -2.17. The number of hydrogen-bond donors (Lipinski definition) is 0. The van der Waals surface area contributed by atoms with Gasteiger partial charge in [0.25, 0.3) is 0 Å². The van der Waals surface area contributed by atoms with Gasteiger partial charge in [-0.25, -0.2) is 9.97 Å². The maximum absolute atomic E-state index is 5.90. The average Bonchev–Trinajstić information content (AvgIpc) is 2.62. The van der Waals surface area contributed by atoms with Gasteiger partial charge in [-0.2, -0.15) is 0 Å². The molecule has 2 aromatic heterocycles. The number of halogens is 1. The summed E-state index contributed by atoms with van der Waals surface area (Å²) in [6.07, 6.45) is 0. The molecule has 4 nitrogen and oxygen atoms in total. The molecule has 0 bridgehead atoms. The molecule has 0 aliphatic carbocycles. The fourth-order valence-electron chi connectivity index (χ4n) is 1.60. The van der Waals surface area contributed by atoms with Crippen molar-refractivity contribution in [2.75, 3.05) is 11.9 Å². The number of furan rings is 1. The minimum absolute atomic E-state index is 0.454. The predicted octanol–water partition coefficient (Wildman–Crippen LogP) is 2.98. The van der Waals surface area contributed by atoms with Gasteiger partial charge in [0.1, 0.15) is 28.3 Å². The lowest BCUT2D eigenvalue weighted by atomic mass is 10.4. The number of anilines is 1. The van der Waals surface area contributed by atoms with E-state index in [1.165, 1.54) is 0 Å². The topological polar surface area (TPSA) is 42.2 Å². The van der Waals surface area contributed by atoms with Gasteiger partial charge in [0.2, 0.25) is 0 Å². The van der Waals surface area contributed by atoms with Crippen molar-refractivity contribution in [2.24, 2.45) is 0 Å². The fourth-order valence-corrected chi connectivity index (χ4v) is 1.82. The van der Waals surface area contributed by atoms with Crippen LogP contribution in [-0.4, -0.2) is 17.0 Å². The van der Waals surface area contributed by atoms with E-state index in [0.29, 0.717) is 17.5 Å². The SMILES string of the molecule is Cc1nc(Cl)cc(N(C)Cc2ccc(C)o2)n1. The molecule has 0 spiro atoms. The number of rotatable bonds is 3. The third kappa shape index (κ3) is 2.97. The fraction of sp³-hybridized carbons (Fsp3) is 0.333. The van der Waals surface area contributed by atoms with Gasteiger partial charge in [-0.1, -0.05) is 11.6 Å². The summed E-state index contributed by atoms with van der Waals surface area (Å²) in [5.74, 6) is 3.26. The number of aromatic nitrogens is 2. The zero-order valence-corrected chi connectivity index (χ0v) is 10.8. The Morgan fingerprint density at radius 3 is 2.65 bits per heavy atom. The smallest absolute Gasteiger partial charge is 0.134 e. The molecule has 90 valence electrons. The van der Waals surface area contributed by atoms with Gasteiger partial charge in [-0.3, -0.25) is 0 Å². The van der Waals surface area contributed by atoms with E-state index in [0.717, 1.165) is 17.3 Å². The molecule has 0 unspecified atom stereocenters. The first-order chi connectivity index (χ1) is 8.04. The molecular formula is C12H14ClN3O. The molecular weight excluding hydrogens is 238 g/mol. The number of aryl methyl sites for hydroxylation is 2. The van der Waals surface area contributed by atoms with Gasteiger partial charge >= 0.3 is 0 Å². The molecule has 0 atom stereocenters. The van der Waals surface area contributed by atoms with E-state index in [1.54, 1.807) is 6.07 Å². The monoisotopic (exact) mass is 251 g/mol. The Kier molecular flexibility index (Phi) is 3.33. The van der Waals surface area contributed by atoms with Crippen LogP contribution in [0.3, 0.4) is 0 Å². The van der Waals surface area contributed by atoms with Crippen LogP contribution in [0.2, 0.25) is 5.15 Å². The third-order valence-electron chi connectivity index (χ3n) is 2.37. The number of nitrogens with zero attached hydrogens (tertiary/aromatic N) is 3. The Morgan fingerprint density at radius 1 is 1.29 bits per heavy atom. The Bertz CT molecular complexity index is 504. The zero-order chi connectivity index (χ0) is 12.4. The van der Waals surface area contributed by atoms with E-state index in [-0.39, 0.29) is 0 Å². The second-order valence-electron chi connectivity index (χ2n) is 3.96. The second kappa shape index (κ2) is 4.75. The van der Waals surface area contributed by atoms with E-state index >= 15 is 0 Å². The molecule has 0 fully saturated rings. The quantitative estimate of drug-likeness (QED) is 0.787. The van der Waals surface area contributed by atoms with Gasteiger partial charge in [0.05, 0.1) is 6.54 Å². The van der Waals surface area contributed by atoms with Crippen LogP contribution in [0.25, 0.3) is 0 Å². The molecule has 0 N–H and O–H groups in total. The molecule has 0 aliphatic heterocycles. The van der Waals surface area contributed by atoms with Crippen LogP contribution in [0.4, 0.5) is 5.82 Å². The van der Waals surface area contributed by atoms with Gasteiger partial charge in [0.15, 0.2) is 0 Å². The maximum atomic E-state index is 5.90. The summed E-state index contributed by atoms with van der Waals surface area (Å²) in [4.78, 5) is 10.3. The van der Waals surface area contributed by atoms with Crippen LogP contribution in [-0.2, 0) is 6.54 Å². The largest absolute Gasteiger partial charge is 0.464 e. The van der Waals surface area contributed by atoms with Gasteiger partial charge in [0, 0.05) is 13.1 Å². The standard InChI is InChI=1S/C12H14ClN3O/c1-8-4-5-10(17-8)7-16(3)12-6-11(13)14-9(2)15-12/h4-6H,7H2,1-3H3.